The number of ether oxygens (including phenoxy) is 2. The molecule has 8 heteroatoms. The number of carbonyl (C=O) groups excluding carboxylic acids is 2. The Morgan fingerprint density at radius 2 is 1.04 bits per heavy atom. The highest BCUT2D eigenvalue weighted by molar-refractivity contribution is 5.69. The summed E-state index contributed by atoms with van der Waals surface area (Å²) in [6.07, 6.45) is 32.0. The Morgan fingerprint density at radius 3 is 1.51 bits per heavy atom. The van der Waals surface area contributed by atoms with Crippen LogP contribution in [0.15, 0.2) is 12.2 Å². The summed E-state index contributed by atoms with van der Waals surface area (Å²) in [4.78, 5) is 24.2. The molecule has 1 rings (SSSR count). The van der Waals surface area contributed by atoms with E-state index in [-0.39, 0.29) is 43.4 Å². The molecule has 0 bridgehead atoms. The topological polar surface area (TPSA) is 134 Å². The van der Waals surface area contributed by atoms with E-state index in [0.29, 0.717) is 25.7 Å². The molecule has 4 N–H and O–H groups in total. The van der Waals surface area contributed by atoms with E-state index in [9.17, 15) is 30.0 Å². The fourth-order valence-corrected chi connectivity index (χ4v) is 7.60. The summed E-state index contributed by atoms with van der Waals surface area (Å²) in [7, 11) is 0. The lowest BCUT2D eigenvalue weighted by molar-refractivity contribution is -0.152. The molecule has 0 heterocycles. The summed E-state index contributed by atoms with van der Waals surface area (Å²) in [5.74, 6) is -0.0204. The second kappa shape index (κ2) is 33.8. The van der Waals surface area contributed by atoms with Crippen molar-refractivity contribution < 1.29 is 39.5 Å². The van der Waals surface area contributed by atoms with Crippen LogP contribution in [0, 0.1) is 17.8 Å². The van der Waals surface area contributed by atoms with E-state index in [1.165, 1.54) is 89.9 Å². The minimum atomic E-state index is -1.03. The van der Waals surface area contributed by atoms with E-state index >= 15 is 0 Å². The summed E-state index contributed by atoms with van der Waals surface area (Å²) in [5.41, 5.74) is 0. The van der Waals surface area contributed by atoms with Crippen LogP contribution in [0.1, 0.15) is 207 Å². The van der Waals surface area contributed by atoms with Crippen LogP contribution in [0.2, 0.25) is 0 Å². The van der Waals surface area contributed by atoms with Crippen LogP contribution in [0.5, 0.6) is 0 Å². The molecule has 0 unspecified atom stereocenters. The van der Waals surface area contributed by atoms with Gasteiger partial charge in [0.15, 0.2) is 0 Å². The van der Waals surface area contributed by atoms with Gasteiger partial charge < -0.3 is 29.9 Å². The maximum absolute atomic E-state index is 12.1. The fourth-order valence-electron chi connectivity index (χ4n) is 7.60. The summed E-state index contributed by atoms with van der Waals surface area (Å²) in [6, 6.07) is 0. The van der Waals surface area contributed by atoms with E-state index in [2.05, 4.69) is 20.8 Å². The smallest absolute Gasteiger partial charge is 0.305 e. The van der Waals surface area contributed by atoms with Gasteiger partial charge in [-0.1, -0.05) is 174 Å². The zero-order valence-corrected chi connectivity index (χ0v) is 34.5. The second-order valence-corrected chi connectivity index (χ2v) is 16.6. The monoisotopic (exact) mass is 753 g/mol. The Bertz CT molecular complexity index is 892. The summed E-state index contributed by atoms with van der Waals surface area (Å²) >= 11 is 0. The van der Waals surface area contributed by atoms with Crippen LogP contribution in [0.25, 0.3) is 0 Å². The third-order valence-electron chi connectivity index (χ3n) is 11.0. The number of hydrogen-bond acceptors (Lipinski definition) is 8. The molecule has 0 radical (unpaired) electrons. The zero-order chi connectivity index (χ0) is 38.9. The van der Waals surface area contributed by atoms with Gasteiger partial charge in [-0.15, -0.1) is 0 Å². The van der Waals surface area contributed by atoms with Crippen LogP contribution in [0.3, 0.4) is 0 Å². The van der Waals surface area contributed by atoms with Gasteiger partial charge in [0.2, 0.25) is 0 Å². The molecule has 1 aliphatic carbocycles. The van der Waals surface area contributed by atoms with Crippen molar-refractivity contribution in [3.8, 4) is 0 Å². The van der Waals surface area contributed by atoms with Gasteiger partial charge in [-0.3, -0.25) is 9.59 Å². The molecule has 1 aliphatic rings. The molecule has 1 fully saturated rings. The average Bonchev–Trinajstić information content (AvgIpc) is 3.40. The molecule has 0 aliphatic heterocycles. The van der Waals surface area contributed by atoms with Gasteiger partial charge >= 0.3 is 11.9 Å². The fraction of sp³-hybridized carbons (Fsp3) is 0.911. The van der Waals surface area contributed by atoms with Crippen LogP contribution < -0.4 is 0 Å². The van der Waals surface area contributed by atoms with Gasteiger partial charge in [-0.05, 0) is 37.5 Å². The molecular weight excluding hydrogens is 668 g/mol. The largest absolute Gasteiger partial charge is 0.463 e. The summed E-state index contributed by atoms with van der Waals surface area (Å²) < 4.78 is 10.4. The number of hydrogen-bond donors (Lipinski definition) is 4. The van der Waals surface area contributed by atoms with Crippen molar-refractivity contribution in [3.63, 3.8) is 0 Å². The minimum Gasteiger partial charge on any atom is -0.463 e. The first-order chi connectivity index (χ1) is 25.6. The number of unbranched alkanes of at least 4 members (excludes halogenated alkanes) is 20. The Kier molecular flexibility index (Phi) is 31.6. The molecule has 0 saturated heterocycles. The van der Waals surface area contributed by atoms with Crippen LogP contribution in [0.4, 0.5) is 0 Å². The lowest BCUT2D eigenvalue weighted by Gasteiger charge is -2.21. The Hall–Kier alpha value is -1.48. The number of rotatable bonds is 36. The molecule has 8 nitrogen and oxygen atoms in total. The Labute approximate surface area is 325 Å². The molecule has 0 aromatic carbocycles. The molecule has 0 aromatic rings. The predicted octanol–water partition coefficient (Wildman–Crippen LogP) is 10.3. The van der Waals surface area contributed by atoms with Crippen molar-refractivity contribution in [2.45, 2.75) is 231 Å². The average molecular weight is 753 g/mol. The Balaban J connectivity index is 1.95. The number of carbonyl (C=O) groups is 2. The lowest BCUT2D eigenvalue weighted by atomic mass is 9.88. The van der Waals surface area contributed by atoms with Gasteiger partial charge in [-0.2, -0.15) is 0 Å². The van der Waals surface area contributed by atoms with Gasteiger partial charge in [0.05, 0.1) is 18.3 Å². The van der Waals surface area contributed by atoms with E-state index < -0.39 is 24.4 Å². The quantitative estimate of drug-likeness (QED) is 0.0282. The molecule has 312 valence electrons. The highest BCUT2D eigenvalue weighted by Crippen LogP contribution is 2.37. The van der Waals surface area contributed by atoms with Gasteiger partial charge in [0.25, 0.3) is 0 Å². The van der Waals surface area contributed by atoms with E-state index in [0.717, 1.165) is 70.1 Å². The van der Waals surface area contributed by atoms with Gasteiger partial charge in [0.1, 0.15) is 19.3 Å². The first-order valence-electron chi connectivity index (χ1n) is 22.4. The molecule has 0 amide bonds. The first-order valence-corrected chi connectivity index (χ1v) is 22.4. The minimum absolute atomic E-state index is 0.0298. The third kappa shape index (κ3) is 28.6. The zero-order valence-electron chi connectivity index (χ0n) is 34.5. The predicted molar refractivity (Wildman–Crippen MR) is 216 cm³/mol. The molecule has 0 aromatic heterocycles. The molecule has 6 atom stereocenters. The summed E-state index contributed by atoms with van der Waals surface area (Å²) in [5, 5.41) is 41.2. The SMILES string of the molecule is CCCCC[C@H](O)/C=C/[C@@H]1[C@@H](CCCCCCC(=O)OC[C@H](O)COC(=O)CCCCCCCCCCCCCCCCCCC(C)C)[C@@H](O)C[C@H]1O. The van der Waals surface area contributed by atoms with Crippen molar-refractivity contribution in [1.29, 1.82) is 0 Å². The molecule has 1 saturated carbocycles. The van der Waals surface area contributed by atoms with E-state index in [4.69, 9.17) is 9.47 Å². The van der Waals surface area contributed by atoms with Crippen molar-refractivity contribution >= 4 is 11.9 Å². The van der Waals surface area contributed by atoms with Crippen LogP contribution in [-0.2, 0) is 19.1 Å². The van der Waals surface area contributed by atoms with E-state index in [1.54, 1.807) is 6.08 Å². The second-order valence-electron chi connectivity index (χ2n) is 16.6. The highest BCUT2D eigenvalue weighted by Gasteiger charge is 2.39. The molecule has 53 heavy (non-hydrogen) atoms. The first kappa shape index (κ1) is 49.5. The maximum Gasteiger partial charge on any atom is 0.305 e. The van der Waals surface area contributed by atoms with Crippen LogP contribution in [-0.4, -0.2) is 70.0 Å². The molecule has 0 spiro atoms. The van der Waals surface area contributed by atoms with Crippen molar-refractivity contribution in [2.24, 2.45) is 17.8 Å². The van der Waals surface area contributed by atoms with Crippen molar-refractivity contribution in [2.75, 3.05) is 13.2 Å². The van der Waals surface area contributed by atoms with Gasteiger partial charge in [-0.25, -0.2) is 0 Å². The van der Waals surface area contributed by atoms with Crippen molar-refractivity contribution in [3.05, 3.63) is 12.2 Å². The van der Waals surface area contributed by atoms with E-state index in [1.807, 2.05) is 6.08 Å². The lowest BCUT2D eigenvalue weighted by Crippen LogP contribution is -2.25. The third-order valence-corrected chi connectivity index (χ3v) is 11.0. The number of aliphatic hydroxyl groups is 4. The summed E-state index contributed by atoms with van der Waals surface area (Å²) in [6.45, 7) is 6.41. The Morgan fingerprint density at radius 1 is 0.604 bits per heavy atom. The normalized spacial score (nSPS) is 20.0. The van der Waals surface area contributed by atoms with Crippen LogP contribution >= 0.6 is 0 Å². The number of esters is 2. The molecular formula is C45H84O8. The standard InChI is InChI=1S/C45H84O8/c1-4-5-22-28-38(46)32-33-41-40(42(48)34-43(41)49)29-24-20-21-26-31-45(51)53-36-39(47)35-52-44(50)30-25-19-17-15-13-11-9-7-6-8-10-12-14-16-18-23-27-37(2)3/h32-33,37-43,46-49H,4-31,34-36H2,1-3H3/b33-32+/t38-,39+,40+,41+,42-,43+/m0/s1. The number of aliphatic hydroxyl groups excluding tert-OH is 4. The van der Waals surface area contributed by atoms with Gasteiger partial charge in [0, 0.05) is 25.2 Å². The maximum atomic E-state index is 12.1. The van der Waals surface area contributed by atoms with Crippen molar-refractivity contribution in [1.82, 2.24) is 0 Å². The highest BCUT2D eigenvalue weighted by atomic mass is 16.6.